The monoisotopic (exact) mass is 278 g/mol. The number of rotatable bonds is 3. The average Bonchev–Trinajstić information content (AvgIpc) is 3.31. The molecule has 4 nitrogen and oxygen atoms in total. The van der Waals surface area contributed by atoms with Gasteiger partial charge in [0, 0.05) is 44.2 Å². The normalized spacial score (nSPS) is 24.8. The van der Waals surface area contributed by atoms with Crippen LogP contribution in [0.5, 0.6) is 0 Å². The first-order chi connectivity index (χ1) is 9.29. The summed E-state index contributed by atoms with van der Waals surface area (Å²) in [6, 6.07) is 2.79. The molecule has 1 saturated heterocycles. The number of piperazine rings is 1. The lowest BCUT2D eigenvalue weighted by atomic mass is 10.3. The molecule has 1 aliphatic heterocycles. The quantitative estimate of drug-likeness (QED) is 0.794. The highest BCUT2D eigenvalue weighted by atomic mass is 35.5. The van der Waals surface area contributed by atoms with E-state index in [0.717, 1.165) is 43.9 Å². The molecule has 0 unspecified atom stereocenters. The zero-order chi connectivity index (χ0) is 12.8. The Hall–Kier alpha value is -0.870. The highest BCUT2D eigenvalue weighted by Crippen LogP contribution is 2.39. The van der Waals surface area contributed by atoms with Gasteiger partial charge < -0.3 is 4.90 Å². The van der Waals surface area contributed by atoms with E-state index in [1.165, 1.54) is 25.7 Å². The van der Waals surface area contributed by atoms with Crippen LogP contribution in [0, 0.1) is 0 Å². The van der Waals surface area contributed by atoms with Gasteiger partial charge in [-0.05, 0) is 25.7 Å². The van der Waals surface area contributed by atoms with E-state index in [4.69, 9.17) is 16.6 Å². The third kappa shape index (κ3) is 2.56. The van der Waals surface area contributed by atoms with Gasteiger partial charge in [0.15, 0.2) is 0 Å². The molecular formula is C14H19ClN4. The van der Waals surface area contributed by atoms with Crippen molar-refractivity contribution < 1.29 is 0 Å². The summed E-state index contributed by atoms with van der Waals surface area (Å²) in [6.45, 7) is 4.44. The molecule has 3 fully saturated rings. The number of anilines is 1. The molecule has 0 radical (unpaired) electrons. The van der Waals surface area contributed by atoms with E-state index >= 15 is 0 Å². The SMILES string of the molecule is Clc1cc(N2CCN(C3CC3)CC2)nc(C2CC2)n1. The molecule has 1 aromatic heterocycles. The fraction of sp³-hybridized carbons (Fsp3) is 0.714. The van der Waals surface area contributed by atoms with Crippen molar-refractivity contribution in [1.29, 1.82) is 0 Å². The highest BCUT2D eigenvalue weighted by molar-refractivity contribution is 6.29. The fourth-order valence-electron chi connectivity index (χ4n) is 2.86. The number of hydrogen-bond donors (Lipinski definition) is 0. The Bertz CT molecular complexity index is 476. The van der Waals surface area contributed by atoms with Crippen LogP contribution in [-0.4, -0.2) is 47.1 Å². The van der Waals surface area contributed by atoms with Crippen LogP contribution in [0.1, 0.15) is 37.4 Å². The predicted octanol–water partition coefficient (Wildman–Crippen LogP) is 2.29. The smallest absolute Gasteiger partial charge is 0.135 e. The van der Waals surface area contributed by atoms with Crippen LogP contribution in [0.4, 0.5) is 5.82 Å². The first-order valence-corrected chi connectivity index (χ1v) is 7.71. The summed E-state index contributed by atoms with van der Waals surface area (Å²) >= 11 is 6.14. The van der Waals surface area contributed by atoms with E-state index in [0.29, 0.717) is 11.1 Å². The van der Waals surface area contributed by atoms with Crippen LogP contribution in [0.25, 0.3) is 0 Å². The summed E-state index contributed by atoms with van der Waals surface area (Å²) in [5.74, 6) is 2.54. The second kappa shape index (κ2) is 4.60. The summed E-state index contributed by atoms with van der Waals surface area (Å²) in [4.78, 5) is 14.0. The molecule has 0 aromatic carbocycles. The van der Waals surface area contributed by atoms with E-state index in [2.05, 4.69) is 14.8 Å². The molecule has 19 heavy (non-hydrogen) atoms. The molecule has 0 spiro atoms. The maximum absolute atomic E-state index is 6.14. The molecule has 5 heteroatoms. The first kappa shape index (κ1) is 11.9. The minimum atomic E-state index is 0.560. The average molecular weight is 279 g/mol. The Morgan fingerprint density at radius 1 is 1.00 bits per heavy atom. The van der Waals surface area contributed by atoms with Gasteiger partial charge in [-0.15, -0.1) is 0 Å². The van der Waals surface area contributed by atoms with Crippen LogP contribution in [0.3, 0.4) is 0 Å². The van der Waals surface area contributed by atoms with Gasteiger partial charge in [0.2, 0.25) is 0 Å². The Morgan fingerprint density at radius 3 is 2.37 bits per heavy atom. The van der Waals surface area contributed by atoms with Gasteiger partial charge in [-0.1, -0.05) is 11.6 Å². The number of hydrogen-bond acceptors (Lipinski definition) is 4. The molecule has 0 atom stereocenters. The van der Waals surface area contributed by atoms with E-state index < -0.39 is 0 Å². The lowest BCUT2D eigenvalue weighted by Crippen LogP contribution is -2.47. The standard InChI is InChI=1S/C14H19ClN4/c15-12-9-13(17-14(16-12)10-1-2-10)19-7-5-18(6-8-19)11-3-4-11/h9-11H,1-8H2. The summed E-state index contributed by atoms with van der Waals surface area (Å²) in [7, 11) is 0. The largest absolute Gasteiger partial charge is 0.354 e. The van der Waals surface area contributed by atoms with Crippen LogP contribution in [-0.2, 0) is 0 Å². The van der Waals surface area contributed by atoms with E-state index in [9.17, 15) is 0 Å². The van der Waals surface area contributed by atoms with Crippen LogP contribution >= 0.6 is 11.6 Å². The van der Waals surface area contributed by atoms with Crippen molar-refractivity contribution >= 4 is 17.4 Å². The molecule has 3 aliphatic rings. The van der Waals surface area contributed by atoms with Crippen molar-refractivity contribution in [1.82, 2.24) is 14.9 Å². The van der Waals surface area contributed by atoms with Gasteiger partial charge in [-0.2, -0.15) is 0 Å². The highest BCUT2D eigenvalue weighted by Gasteiger charge is 2.32. The number of nitrogens with zero attached hydrogens (tertiary/aromatic N) is 4. The van der Waals surface area contributed by atoms with Crippen LogP contribution in [0.15, 0.2) is 6.07 Å². The third-order valence-corrected chi connectivity index (χ3v) is 4.54. The molecule has 2 saturated carbocycles. The van der Waals surface area contributed by atoms with Crippen LogP contribution < -0.4 is 4.90 Å². The zero-order valence-electron chi connectivity index (χ0n) is 11.1. The van der Waals surface area contributed by atoms with Gasteiger partial charge >= 0.3 is 0 Å². The van der Waals surface area contributed by atoms with Crippen molar-refractivity contribution in [2.24, 2.45) is 0 Å². The molecule has 2 aliphatic carbocycles. The van der Waals surface area contributed by atoms with Gasteiger partial charge in [0.05, 0.1) is 0 Å². The minimum absolute atomic E-state index is 0.560. The summed E-state index contributed by atoms with van der Waals surface area (Å²) in [5, 5.41) is 0.594. The van der Waals surface area contributed by atoms with Gasteiger partial charge in [0.1, 0.15) is 16.8 Å². The van der Waals surface area contributed by atoms with Crippen molar-refractivity contribution in [3.05, 3.63) is 17.0 Å². The third-order valence-electron chi connectivity index (χ3n) is 4.34. The Balaban J connectivity index is 1.49. The number of halogens is 1. The van der Waals surface area contributed by atoms with E-state index in [1.54, 1.807) is 0 Å². The molecule has 1 aromatic rings. The molecule has 4 rings (SSSR count). The van der Waals surface area contributed by atoms with Crippen molar-refractivity contribution in [3.8, 4) is 0 Å². The summed E-state index contributed by atoms with van der Waals surface area (Å²) < 4.78 is 0. The first-order valence-electron chi connectivity index (χ1n) is 7.33. The minimum Gasteiger partial charge on any atom is -0.354 e. The second-order valence-corrected chi connectivity index (χ2v) is 6.32. The molecule has 102 valence electrons. The zero-order valence-corrected chi connectivity index (χ0v) is 11.8. The van der Waals surface area contributed by atoms with Gasteiger partial charge in [-0.25, -0.2) is 9.97 Å². The topological polar surface area (TPSA) is 32.3 Å². The van der Waals surface area contributed by atoms with E-state index in [1.807, 2.05) is 6.07 Å². The maximum Gasteiger partial charge on any atom is 0.135 e. The van der Waals surface area contributed by atoms with Gasteiger partial charge in [0.25, 0.3) is 0 Å². The Labute approximate surface area is 118 Å². The summed E-state index contributed by atoms with van der Waals surface area (Å²) in [6.07, 6.45) is 5.22. The lowest BCUT2D eigenvalue weighted by molar-refractivity contribution is 0.247. The van der Waals surface area contributed by atoms with E-state index in [-0.39, 0.29) is 0 Å². The molecule has 2 heterocycles. The Kier molecular flexibility index (Phi) is 2.88. The van der Waals surface area contributed by atoms with Gasteiger partial charge in [-0.3, -0.25) is 4.90 Å². The molecule has 0 amide bonds. The predicted molar refractivity (Wildman–Crippen MR) is 75.8 cm³/mol. The molecule has 0 N–H and O–H groups in total. The number of aromatic nitrogens is 2. The Morgan fingerprint density at radius 2 is 1.74 bits per heavy atom. The maximum atomic E-state index is 6.14. The summed E-state index contributed by atoms with van der Waals surface area (Å²) in [5.41, 5.74) is 0. The van der Waals surface area contributed by atoms with Crippen molar-refractivity contribution in [2.45, 2.75) is 37.6 Å². The molecular weight excluding hydrogens is 260 g/mol. The second-order valence-electron chi connectivity index (χ2n) is 5.94. The van der Waals surface area contributed by atoms with Crippen molar-refractivity contribution in [3.63, 3.8) is 0 Å². The lowest BCUT2D eigenvalue weighted by Gasteiger charge is -2.35. The van der Waals surface area contributed by atoms with Crippen molar-refractivity contribution in [2.75, 3.05) is 31.1 Å². The van der Waals surface area contributed by atoms with Crippen LogP contribution in [0.2, 0.25) is 5.15 Å². The molecule has 0 bridgehead atoms. The fourth-order valence-corrected chi connectivity index (χ4v) is 3.05.